The van der Waals surface area contributed by atoms with Gasteiger partial charge in [-0.15, -0.1) is 0 Å². The average molecular weight is 391 g/mol. The number of rotatable bonds is 6. The summed E-state index contributed by atoms with van der Waals surface area (Å²) in [6, 6.07) is 11.3. The first-order chi connectivity index (χ1) is 13.3. The fraction of sp³-hybridized carbons (Fsp3) is 0.500. The maximum absolute atomic E-state index is 5.96. The number of hydrogen-bond donors (Lipinski definition) is 0. The van der Waals surface area contributed by atoms with Gasteiger partial charge in [-0.05, 0) is 48.2 Å². The van der Waals surface area contributed by atoms with Crippen molar-refractivity contribution in [2.45, 2.75) is 55.4 Å². The zero-order chi connectivity index (χ0) is 21.7. The van der Waals surface area contributed by atoms with Crippen molar-refractivity contribution in [3.05, 3.63) is 42.0 Å². The monoisotopic (exact) mass is 390 g/mol. The standard InChI is InChI=1S/C20H26O4.2C2H6/c1-14-11-15(23-13-20(2,3)4)7-9-17(14)24-16-8-10-18(21-5)19(12-16)22-6;2*1-2/h7-12H,13H2,1-6H3;2*1-2H3. The smallest absolute Gasteiger partial charge is 0.164 e. The number of benzene rings is 2. The van der Waals surface area contributed by atoms with Crippen molar-refractivity contribution in [3.63, 3.8) is 0 Å². The lowest BCUT2D eigenvalue weighted by Crippen LogP contribution is -2.16. The topological polar surface area (TPSA) is 36.9 Å². The lowest BCUT2D eigenvalue weighted by atomic mass is 9.99. The van der Waals surface area contributed by atoms with Crippen LogP contribution in [0.15, 0.2) is 36.4 Å². The van der Waals surface area contributed by atoms with Crippen LogP contribution in [0.5, 0.6) is 28.7 Å². The SMILES string of the molecule is CC.CC.COc1ccc(Oc2ccc(OCC(C)(C)C)cc2C)cc1OC. The highest BCUT2D eigenvalue weighted by Gasteiger charge is 2.12. The Morgan fingerprint density at radius 2 is 1.25 bits per heavy atom. The molecule has 0 heterocycles. The van der Waals surface area contributed by atoms with E-state index in [1.54, 1.807) is 14.2 Å². The second-order valence-corrected chi connectivity index (χ2v) is 6.90. The van der Waals surface area contributed by atoms with Crippen LogP contribution in [0.25, 0.3) is 0 Å². The van der Waals surface area contributed by atoms with Crippen molar-refractivity contribution in [2.24, 2.45) is 5.41 Å². The van der Waals surface area contributed by atoms with Crippen LogP contribution in [0.4, 0.5) is 0 Å². The van der Waals surface area contributed by atoms with Gasteiger partial charge in [-0.1, -0.05) is 48.5 Å². The lowest BCUT2D eigenvalue weighted by Gasteiger charge is -2.19. The molecule has 0 N–H and O–H groups in total. The molecule has 2 aromatic rings. The first kappa shape index (κ1) is 25.6. The van der Waals surface area contributed by atoms with Crippen molar-refractivity contribution in [3.8, 4) is 28.7 Å². The van der Waals surface area contributed by atoms with Gasteiger partial charge >= 0.3 is 0 Å². The quantitative estimate of drug-likeness (QED) is 0.519. The van der Waals surface area contributed by atoms with Crippen LogP contribution in [-0.4, -0.2) is 20.8 Å². The summed E-state index contributed by atoms with van der Waals surface area (Å²) in [7, 11) is 3.22. The molecular weight excluding hydrogens is 352 g/mol. The van der Waals surface area contributed by atoms with Gasteiger partial charge in [0.1, 0.15) is 17.2 Å². The molecule has 158 valence electrons. The molecule has 0 amide bonds. The Morgan fingerprint density at radius 1 is 0.714 bits per heavy atom. The zero-order valence-corrected chi connectivity index (χ0v) is 19.3. The summed E-state index contributed by atoms with van der Waals surface area (Å²) in [5, 5.41) is 0. The second kappa shape index (κ2) is 12.9. The first-order valence-corrected chi connectivity index (χ1v) is 9.96. The number of aryl methyl sites for hydroxylation is 1. The fourth-order valence-electron chi connectivity index (χ4n) is 2.13. The van der Waals surface area contributed by atoms with E-state index in [1.165, 1.54) is 0 Å². The van der Waals surface area contributed by atoms with E-state index in [-0.39, 0.29) is 5.41 Å². The summed E-state index contributed by atoms with van der Waals surface area (Å²) in [4.78, 5) is 0. The Bertz CT molecular complexity index is 687. The van der Waals surface area contributed by atoms with E-state index in [0.29, 0.717) is 23.9 Å². The maximum atomic E-state index is 5.96. The largest absolute Gasteiger partial charge is 0.493 e. The Kier molecular flexibility index (Phi) is 11.8. The molecule has 28 heavy (non-hydrogen) atoms. The maximum Gasteiger partial charge on any atom is 0.164 e. The highest BCUT2D eigenvalue weighted by atomic mass is 16.5. The highest BCUT2D eigenvalue weighted by molar-refractivity contribution is 5.48. The van der Waals surface area contributed by atoms with Gasteiger partial charge < -0.3 is 18.9 Å². The molecule has 0 aliphatic heterocycles. The van der Waals surface area contributed by atoms with Crippen molar-refractivity contribution < 1.29 is 18.9 Å². The van der Waals surface area contributed by atoms with Crippen LogP contribution in [-0.2, 0) is 0 Å². The number of hydrogen-bond acceptors (Lipinski definition) is 4. The van der Waals surface area contributed by atoms with Crippen LogP contribution < -0.4 is 18.9 Å². The van der Waals surface area contributed by atoms with Gasteiger partial charge in [0.2, 0.25) is 0 Å². The molecule has 0 saturated carbocycles. The minimum atomic E-state index is 0.128. The molecule has 0 radical (unpaired) electrons. The molecule has 4 heteroatoms. The van der Waals surface area contributed by atoms with Gasteiger partial charge in [0.05, 0.1) is 20.8 Å². The molecule has 0 atom stereocenters. The molecule has 0 aromatic heterocycles. The van der Waals surface area contributed by atoms with Crippen LogP contribution in [0.2, 0.25) is 0 Å². The van der Waals surface area contributed by atoms with Crippen molar-refractivity contribution in [2.75, 3.05) is 20.8 Å². The van der Waals surface area contributed by atoms with E-state index in [2.05, 4.69) is 20.8 Å². The third-order valence-electron chi connectivity index (χ3n) is 3.40. The van der Waals surface area contributed by atoms with E-state index >= 15 is 0 Å². The minimum absolute atomic E-state index is 0.128. The molecule has 0 aliphatic rings. The zero-order valence-electron chi connectivity index (χ0n) is 19.3. The average Bonchev–Trinajstić information content (AvgIpc) is 2.70. The normalized spacial score (nSPS) is 9.93. The van der Waals surface area contributed by atoms with Gasteiger partial charge in [0.25, 0.3) is 0 Å². The molecule has 0 saturated heterocycles. The summed E-state index contributed by atoms with van der Waals surface area (Å²) in [6.45, 7) is 17.1. The van der Waals surface area contributed by atoms with Crippen LogP contribution in [0, 0.1) is 12.3 Å². The molecule has 0 unspecified atom stereocenters. The van der Waals surface area contributed by atoms with Crippen molar-refractivity contribution >= 4 is 0 Å². The van der Waals surface area contributed by atoms with Gasteiger partial charge in [-0.25, -0.2) is 0 Å². The Hall–Kier alpha value is -2.36. The Labute approximate surface area is 171 Å². The third-order valence-corrected chi connectivity index (χ3v) is 3.40. The fourth-order valence-corrected chi connectivity index (χ4v) is 2.13. The molecular formula is C24H38O4. The van der Waals surface area contributed by atoms with Crippen LogP contribution in [0.3, 0.4) is 0 Å². The molecule has 4 nitrogen and oxygen atoms in total. The van der Waals surface area contributed by atoms with E-state index in [0.717, 1.165) is 17.1 Å². The van der Waals surface area contributed by atoms with E-state index in [4.69, 9.17) is 18.9 Å². The van der Waals surface area contributed by atoms with E-state index < -0.39 is 0 Å². The second-order valence-electron chi connectivity index (χ2n) is 6.90. The molecule has 0 bridgehead atoms. The highest BCUT2D eigenvalue weighted by Crippen LogP contribution is 2.34. The third kappa shape index (κ3) is 8.55. The van der Waals surface area contributed by atoms with Gasteiger partial charge in [-0.3, -0.25) is 0 Å². The van der Waals surface area contributed by atoms with Crippen LogP contribution in [0.1, 0.15) is 54.0 Å². The molecule has 0 fully saturated rings. The van der Waals surface area contributed by atoms with Crippen molar-refractivity contribution in [1.82, 2.24) is 0 Å². The summed E-state index contributed by atoms with van der Waals surface area (Å²) in [6.07, 6.45) is 0. The van der Waals surface area contributed by atoms with E-state index in [9.17, 15) is 0 Å². The summed E-state index contributed by atoms with van der Waals surface area (Å²) < 4.78 is 22.3. The minimum Gasteiger partial charge on any atom is -0.493 e. The first-order valence-electron chi connectivity index (χ1n) is 9.96. The number of methoxy groups -OCH3 is 2. The number of ether oxygens (including phenoxy) is 4. The molecule has 0 spiro atoms. The molecule has 2 rings (SSSR count). The molecule has 0 aliphatic carbocycles. The summed E-state index contributed by atoms with van der Waals surface area (Å²) in [5.41, 5.74) is 1.14. The summed E-state index contributed by atoms with van der Waals surface area (Å²) in [5.74, 6) is 3.64. The van der Waals surface area contributed by atoms with Gasteiger partial charge in [-0.2, -0.15) is 0 Å². The van der Waals surface area contributed by atoms with Crippen molar-refractivity contribution in [1.29, 1.82) is 0 Å². The van der Waals surface area contributed by atoms with Gasteiger partial charge in [0.15, 0.2) is 11.5 Å². The Morgan fingerprint density at radius 3 is 1.75 bits per heavy atom. The Balaban J connectivity index is 0.00000171. The summed E-state index contributed by atoms with van der Waals surface area (Å²) >= 11 is 0. The van der Waals surface area contributed by atoms with Gasteiger partial charge in [0, 0.05) is 6.07 Å². The van der Waals surface area contributed by atoms with Crippen LogP contribution >= 0.6 is 0 Å². The van der Waals surface area contributed by atoms with E-state index in [1.807, 2.05) is 71.0 Å². The molecule has 2 aromatic carbocycles. The predicted molar refractivity (Wildman–Crippen MR) is 118 cm³/mol. The predicted octanol–water partition coefficient (Wildman–Crippen LogP) is 7.28. The lowest BCUT2D eigenvalue weighted by molar-refractivity contribution is 0.197.